The molecule has 1 amide bonds. The minimum Gasteiger partial charge on any atom is -0.303 e. The standard InChI is InChI=1S/C16H15FN6O3/c1-10-15(23(25)26)14(20-21(10)2)16(24)18-13-7-8-22(19-13)9-11-5-3-4-6-12(11)17/h3-8H,9H2,1-2H3,(H,18,19,24). The first-order chi connectivity index (χ1) is 12.4. The van der Waals surface area contributed by atoms with E-state index in [-0.39, 0.29) is 35.3 Å². The lowest BCUT2D eigenvalue weighted by Gasteiger charge is -2.03. The number of aromatic nitrogens is 4. The highest BCUT2D eigenvalue weighted by Crippen LogP contribution is 2.23. The molecular weight excluding hydrogens is 343 g/mol. The van der Waals surface area contributed by atoms with Gasteiger partial charge < -0.3 is 5.32 Å². The predicted octanol–water partition coefficient (Wildman–Crippen LogP) is 2.27. The van der Waals surface area contributed by atoms with Gasteiger partial charge in [-0.15, -0.1) is 0 Å². The fourth-order valence-electron chi connectivity index (χ4n) is 2.46. The van der Waals surface area contributed by atoms with Gasteiger partial charge in [0.25, 0.3) is 5.91 Å². The number of nitrogens with zero attached hydrogens (tertiary/aromatic N) is 5. The fraction of sp³-hybridized carbons (Fsp3) is 0.188. The monoisotopic (exact) mass is 358 g/mol. The molecule has 0 saturated carbocycles. The van der Waals surface area contributed by atoms with Crippen LogP contribution in [-0.4, -0.2) is 30.4 Å². The third-order valence-corrected chi connectivity index (χ3v) is 3.87. The molecule has 3 aromatic rings. The maximum atomic E-state index is 13.7. The molecule has 0 unspecified atom stereocenters. The van der Waals surface area contributed by atoms with E-state index in [2.05, 4.69) is 15.5 Å². The SMILES string of the molecule is Cc1c([N+](=O)[O-])c(C(=O)Nc2ccn(Cc3ccccc3F)n2)nn1C. The lowest BCUT2D eigenvalue weighted by molar-refractivity contribution is -0.385. The topological polar surface area (TPSA) is 108 Å². The van der Waals surface area contributed by atoms with Gasteiger partial charge in [-0.1, -0.05) is 18.2 Å². The summed E-state index contributed by atoms with van der Waals surface area (Å²) in [6, 6.07) is 7.81. The number of hydrogen-bond donors (Lipinski definition) is 1. The van der Waals surface area contributed by atoms with Crippen molar-refractivity contribution < 1.29 is 14.1 Å². The smallest absolute Gasteiger partial charge is 0.303 e. The number of benzene rings is 1. The van der Waals surface area contributed by atoms with Gasteiger partial charge in [0.15, 0.2) is 5.82 Å². The molecule has 1 N–H and O–H groups in total. The molecule has 0 aliphatic heterocycles. The van der Waals surface area contributed by atoms with Crippen LogP contribution in [0.5, 0.6) is 0 Å². The first kappa shape index (κ1) is 17.3. The van der Waals surface area contributed by atoms with Crippen molar-refractivity contribution in [3.8, 4) is 0 Å². The molecular formula is C16H15FN6O3. The minimum atomic E-state index is -0.739. The maximum absolute atomic E-state index is 13.7. The number of anilines is 1. The van der Waals surface area contributed by atoms with Gasteiger partial charge in [0, 0.05) is 24.9 Å². The molecule has 0 aliphatic rings. The summed E-state index contributed by atoms with van der Waals surface area (Å²) in [4.78, 5) is 22.9. The van der Waals surface area contributed by atoms with E-state index in [1.807, 2.05) is 0 Å². The summed E-state index contributed by atoms with van der Waals surface area (Å²) in [5.74, 6) is -0.909. The van der Waals surface area contributed by atoms with E-state index in [0.29, 0.717) is 5.56 Å². The lowest BCUT2D eigenvalue weighted by atomic mass is 10.2. The van der Waals surface area contributed by atoms with Crippen molar-refractivity contribution >= 4 is 17.4 Å². The van der Waals surface area contributed by atoms with Gasteiger partial charge in [-0.25, -0.2) is 4.39 Å². The minimum absolute atomic E-state index is 0.184. The summed E-state index contributed by atoms with van der Waals surface area (Å²) in [5.41, 5.74) is 0.0733. The largest absolute Gasteiger partial charge is 0.322 e. The average Bonchev–Trinajstić information content (AvgIpc) is 3.14. The van der Waals surface area contributed by atoms with E-state index in [9.17, 15) is 19.3 Å². The second kappa shape index (κ2) is 6.75. The number of carbonyl (C=O) groups is 1. The van der Waals surface area contributed by atoms with E-state index < -0.39 is 10.8 Å². The molecule has 0 radical (unpaired) electrons. The number of aryl methyl sites for hydroxylation is 1. The Kier molecular flexibility index (Phi) is 4.48. The molecule has 134 valence electrons. The number of halogens is 1. The van der Waals surface area contributed by atoms with Crippen molar-refractivity contribution in [2.45, 2.75) is 13.5 Å². The molecule has 1 aromatic carbocycles. The normalized spacial score (nSPS) is 10.7. The molecule has 0 saturated heterocycles. The molecule has 10 heteroatoms. The van der Waals surface area contributed by atoms with Gasteiger partial charge in [0.05, 0.1) is 11.5 Å². The van der Waals surface area contributed by atoms with Crippen LogP contribution in [0.2, 0.25) is 0 Å². The Morgan fingerprint density at radius 2 is 2.04 bits per heavy atom. The number of carbonyl (C=O) groups excluding carboxylic acids is 1. The third-order valence-electron chi connectivity index (χ3n) is 3.87. The molecule has 0 atom stereocenters. The average molecular weight is 358 g/mol. The summed E-state index contributed by atoms with van der Waals surface area (Å²) < 4.78 is 16.4. The zero-order valence-corrected chi connectivity index (χ0v) is 14.0. The van der Waals surface area contributed by atoms with Gasteiger partial charge in [0.1, 0.15) is 11.5 Å². The molecule has 0 fully saturated rings. The van der Waals surface area contributed by atoms with Crippen molar-refractivity contribution in [2.24, 2.45) is 7.05 Å². The van der Waals surface area contributed by atoms with Gasteiger partial charge >= 0.3 is 5.69 Å². The van der Waals surface area contributed by atoms with Crippen LogP contribution < -0.4 is 5.32 Å². The summed E-state index contributed by atoms with van der Waals surface area (Å²) in [7, 11) is 1.52. The Morgan fingerprint density at radius 3 is 2.73 bits per heavy atom. The van der Waals surface area contributed by atoms with Crippen LogP contribution in [0, 0.1) is 22.9 Å². The van der Waals surface area contributed by atoms with Gasteiger partial charge in [0.2, 0.25) is 5.69 Å². The number of hydrogen-bond acceptors (Lipinski definition) is 5. The summed E-state index contributed by atoms with van der Waals surface area (Å²) in [6.07, 6.45) is 1.57. The van der Waals surface area contributed by atoms with Crippen molar-refractivity contribution in [2.75, 3.05) is 5.32 Å². The predicted molar refractivity (Wildman–Crippen MR) is 90.3 cm³/mol. The van der Waals surface area contributed by atoms with E-state index in [0.717, 1.165) is 0 Å². The van der Waals surface area contributed by atoms with Crippen LogP contribution in [0.25, 0.3) is 0 Å². The molecule has 9 nitrogen and oxygen atoms in total. The Morgan fingerprint density at radius 1 is 1.31 bits per heavy atom. The number of rotatable bonds is 5. The molecule has 0 aliphatic carbocycles. The number of amides is 1. The molecule has 2 heterocycles. The van der Waals surface area contributed by atoms with Crippen LogP contribution in [-0.2, 0) is 13.6 Å². The second-order valence-electron chi connectivity index (χ2n) is 5.61. The Hall–Kier alpha value is -3.56. The highest BCUT2D eigenvalue weighted by Gasteiger charge is 2.29. The molecule has 2 aromatic heterocycles. The second-order valence-corrected chi connectivity index (χ2v) is 5.61. The maximum Gasteiger partial charge on any atom is 0.322 e. The van der Waals surface area contributed by atoms with Crippen LogP contribution in [0.15, 0.2) is 36.5 Å². The van der Waals surface area contributed by atoms with Crippen molar-refractivity contribution in [1.82, 2.24) is 19.6 Å². The van der Waals surface area contributed by atoms with Crippen LogP contribution in [0.4, 0.5) is 15.9 Å². The Balaban J connectivity index is 1.78. The van der Waals surface area contributed by atoms with Gasteiger partial charge in [-0.2, -0.15) is 10.2 Å². The van der Waals surface area contributed by atoms with E-state index in [1.54, 1.807) is 24.4 Å². The Bertz CT molecular complexity index is 994. The highest BCUT2D eigenvalue weighted by molar-refractivity contribution is 6.05. The Labute approximate surface area is 147 Å². The quantitative estimate of drug-likeness (QED) is 0.556. The van der Waals surface area contributed by atoms with E-state index in [1.165, 1.54) is 35.5 Å². The first-order valence-electron chi connectivity index (χ1n) is 7.63. The number of nitro groups is 1. The van der Waals surface area contributed by atoms with Crippen molar-refractivity contribution in [1.29, 1.82) is 0 Å². The highest BCUT2D eigenvalue weighted by atomic mass is 19.1. The zero-order chi connectivity index (χ0) is 18.8. The molecule has 0 spiro atoms. The van der Waals surface area contributed by atoms with Gasteiger partial charge in [-0.3, -0.25) is 24.3 Å². The summed E-state index contributed by atoms with van der Waals surface area (Å²) in [6.45, 7) is 1.69. The van der Waals surface area contributed by atoms with E-state index >= 15 is 0 Å². The van der Waals surface area contributed by atoms with Crippen LogP contribution >= 0.6 is 0 Å². The summed E-state index contributed by atoms with van der Waals surface area (Å²) in [5, 5.41) is 21.7. The van der Waals surface area contributed by atoms with E-state index in [4.69, 9.17) is 0 Å². The lowest BCUT2D eigenvalue weighted by Crippen LogP contribution is -2.15. The van der Waals surface area contributed by atoms with Crippen LogP contribution in [0.1, 0.15) is 21.7 Å². The van der Waals surface area contributed by atoms with Crippen molar-refractivity contribution in [3.63, 3.8) is 0 Å². The molecule has 26 heavy (non-hydrogen) atoms. The van der Waals surface area contributed by atoms with Gasteiger partial charge in [-0.05, 0) is 13.0 Å². The molecule has 0 bridgehead atoms. The fourth-order valence-corrected chi connectivity index (χ4v) is 2.46. The zero-order valence-electron chi connectivity index (χ0n) is 14.0. The molecule has 3 rings (SSSR count). The number of nitrogens with one attached hydrogen (secondary N) is 1. The summed E-state index contributed by atoms with van der Waals surface area (Å²) >= 11 is 0. The first-order valence-corrected chi connectivity index (χ1v) is 7.63. The van der Waals surface area contributed by atoms with Crippen molar-refractivity contribution in [3.05, 3.63) is 69.4 Å². The van der Waals surface area contributed by atoms with Crippen LogP contribution in [0.3, 0.4) is 0 Å². The third kappa shape index (κ3) is 3.29.